The third kappa shape index (κ3) is 2.64. The number of aliphatic carboxylic acids is 1. The number of carboxylic acids is 1. The molecule has 0 radical (unpaired) electrons. The molecular weight excluding hydrogens is 292 g/mol. The van der Waals surface area contributed by atoms with Gasteiger partial charge < -0.3 is 15.0 Å². The van der Waals surface area contributed by atoms with E-state index >= 15 is 0 Å². The van der Waals surface area contributed by atoms with Gasteiger partial charge in [-0.15, -0.1) is 0 Å². The van der Waals surface area contributed by atoms with Gasteiger partial charge in [-0.05, 0) is 23.8 Å². The van der Waals surface area contributed by atoms with Crippen LogP contribution in [0.2, 0.25) is 5.02 Å². The van der Waals surface area contributed by atoms with E-state index in [1.54, 1.807) is 16.7 Å². The number of nitrogens with zero attached hydrogens (tertiary/aromatic N) is 1. The van der Waals surface area contributed by atoms with Crippen molar-refractivity contribution in [3.63, 3.8) is 0 Å². The second-order valence-corrected chi connectivity index (χ2v) is 5.43. The number of benzene rings is 1. The molecule has 0 unspecified atom stereocenters. The second-order valence-electron chi connectivity index (χ2n) is 4.99. The summed E-state index contributed by atoms with van der Waals surface area (Å²) in [6, 6.07) is 8.81. The van der Waals surface area contributed by atoms with Crippen LogP contribution in [0.15, 0.2) is 36.5 Å². The maximum atomic E-state index is 11.9. The van der Waals surface area contributed by atoms with Crippen molar-refractivity contribution < 1.29 is 14.7 Å². The van der Waals surface area contributed by atoms with Gasteiger partial charge >= 0.3 is 5.97 Å². The molecule has 1 aliphatic heterocycles. The van der Waals surface area contributed by atoms with Gasteiger partial charge in [-0.1, -0.05) is 23.7 Å². The van der Waals surface area contributed by atoms with Crippen LogP contribution in [0, 0.1) is 0 Å². The minimum Gasteiger partial charge on any atom is -0.481 e. The standard InChI is InChI=1S/C15H13ClN2O3/c16-11-3-1-2-9(4-11)10-5-13-15(21)17-7-12(6-14(19)20)18(13)8-10/h1-5,8,12H,6-7H2,(H,17,21)(H,19,20)/t12-/m0/s1. The molecule has 0 fully saturated rings. The van der Waals surface area contributed by atoms with Crippen molar-refractivity contribution >= 4 is 23.5 Å². The monoisotopic (exact) mass is 304 g/mol. The fraction of sp³-hybridized carbons (Fsp3) is 0.200. The minimum atomic E-state index is -0.889. The van der Waals surface area contributed by atoms with E-state index in [1.165, 1.54) is 0 Å². The Bertz CT molecular complexity index is 723. The van der Waals surface area contributed by atoms with Crippen LogP contribution in [0.3, 0.4) is 0 Å². The molecule has 21 heavy (non-hydrogen) atoms. The molecule has 0 aliphatic carbocycles. The highest BCUT2D eigenvalue weighted by Gasteiger charge is 2.27. The Morgan fingerprint density at radius 2 is 2.19 bits per heavy atom. The fourth-order valence-corrected chi connectivity index (χ4v) is 2.75. The lowest BCUT2D eigenvalue weighted by molar-refractivity contribution is -0.137. The quantitative estimate of drug-likeness (QED) is 0.915. The van der Waals surface area contributed by atoms with E-state index < -0.39 is 5.97 Å². The zero-order chi connectivity index (χ0) is 15.0. The zero-order valence-electron chi connectivity index (χ0n) is 11.0. The number of fused-ring (bicyclic) bond motifs is 1. The summed E-state index contributed by atoms with van der Waals surface area (Å²) in [5.41, 5.74) is 2.22. The molecule has 108 valence electrons. The Morgan fingerprint density at radius 3 is 2.90 bits per heavy atom. The van der Waals surface area contributed by atoms with Crippen LogP contribution in [0.4, 0.5) is 0 Å². The lowest BCUT2D eigenvalue weighted by atomic mass is 10.1. The average molecular weight is 305 g/mol. The first-order chi connectivity index (χ1) is 10.0. The predicted molar refractivity (Wildman–Crippen MR) is 78.5 cm³/mol. The number of carbonyl (C=O) groups excluding carboxylic acids is 1. The molecule has 3 rings (SSSR count). The van der Waals surface area contributed by atoms with Gasteiger partial charge in [0, 0.05) is 23.3 Å². The molecular formula is C15H13ClN2O3. The predicted octanol–water partition coefficient (Wildman–Crippen LogP) is 2.57. The van der Waals surface area contributed by atoms with Crippen LogP contribution in [0.5, 0.6) is 0 Å². The van der Waals surface area contributed by atoms with E-state index in [2.05, 4.69) is 5.32 Å². The first-order valence-corrected chi connectivity index (χ1v) is 6.90. The highest BCUT2D eigenvalue weighted by atomic mass is 35.5. The lowest BCUT2D eigenvalue weighted by Gasteiger charge is -2.25. The zero-order valence-corrected chi connectivity index (χ0v) is 11.8. The van der Waals surface area contributed by atoms with E-state index in [0.717, 1.165) is 11.1 Å². The Balaban J connectivity index is 2.03. The highest BCUT2D eigenvalue weighted by molar-refractivity contribution is 6.30. The minimum absolute atomic E-state index is 0.0308. The van der Waals surface area contributed by atoms with Gasteiger partial charge in [-0.25, -0.2) is 0 Å². The molecule has 2 aromatic rings. The summed E-state index contributed by atoms with van der Waals surface area (Å²) in [4.78, 5) is 22.9. The molecule has 2 N–H and O–H groups in total. The number of halogens is 1. The van der Waals surface area contributed by atoms with Gasteiger partial charge in [0.05, 0.1) is 12.5 Å². The molecule has 0 bridgehead atoms. The third-order valence-corrected chi connectivity index (χ3v) is 3.78. The summed E-state index contributed by atoms with van der Waals surface area (Å²) in [6.45, 7) is 0.321. The molecule has 1 aliphatic rings. The molecule has 1 amide bonds. The molecule has 1 aromatic heterocycles. The molecule has 0 saturated heterocycles. The van der Waals surface area contributed by atoms with Crippen molar-refractivity contribution in [2.45, 2.75) is 12.5 Å². The van der Waals surface area contributed by atoms with Crippen molar-refractivity contribution in [3.8, 4) is 11.1 Å². The summed E-state index contributed by atoms with van der Waals surface area (Å²) in [6.07, 6.45) is 1.78. The van der Waals surface area contributed by atoms with Crippen LogP contribution in [-0.4, -0.2) is 28.1 Å². The molecule has 0 spiro atoms. The summed E-state index contributed by atoms with van der Waals surface area (Å²) < 4.78 is 1.74. The maximum absolute atomic E-state index is 11.9. The number of aromatic nitrogens is 1. The third-order valence-electron chi connectivity index (χ3n) is 3.54. The van der Waals surface area contributed by atoms with Crippen molar-refractivity contribution in [1.29, 1.82) is 0 Å². The Labute approximate surface area is 126 Å². The van der Waals surface area contributed by atoms with Crippen LogP contribution >= 0.6 is 11.6 Å². The number of rotatable bonds is 3. The Kier molecular flexibility index (Phi) is 3.43. The van der Waals surface area contributed by atoms with Gasteiger partial charge in [0.25, 0.3) is 5.91 Å². The van der Waals surface area contributed by atoms with Crippen LogP contribution in [-0.2, 0) is 4.79 Å². The largest absolute Gasteiger partial charge is 0.481 e. The van der Waals surface area contributed by atoms with Crippen molar-refractivity contribution in [3.05, 3.63) is 47.2 Å². The summed E-state index contributed by atoms with van der Waals surface area (Å²) >= 11 is 5.98. The summed E-state index contributed by atoms with van der Waals surface area (Å²) in [5.74, 6) is -1.08. The normalized spacial score (nSPS) is 17.2. The number of carbonyl (C=O) groups is 2. The number of carboxylic acid groups (broad SMARTS) is 1. The first-order valence-electron chi connectivity index (χ1n) is 6.52. The topological polar surface area (TPSA) is 71.3 Å². The fourth-order valence-electron chi connectivity index (χ4n) is 2.56. The van der Waals surface area contributed by atoms with Crippen LogP contribution < -0.4 is 5.32 Å². The van der Waals surface area contributed by atoms with E-state index in [0.29, 0.717) is 17.3 Å². The molecule has 2 heterocycles. The van der Waals surface area contributed by atoms with Gasteiger partial charge in [0.1, 0.15) is 5.69 Å². The molecule has 5 nitrogen and oxygen atoms in total. The highest BCUT2D eigenvalue weighted by Crippen LogP contribution is 2.29. The molecule has 1 aromatic carbocycles. The van der Waals surface area contributed by atoms with Crippen molar-refractivity contribution in [2.24, 2.45) is 0 Å². The maximum Gasteiger partial charge on any atom is 0.305 e. The van der Waals surface area contributed by atoms with Gasteiger partial charge in [-0.2, -0.15) is 0 Å². The molecule has 1 atom stereocenters. The van der Waals surface area contributed by atoms with Crippen LogP contribution in [0.1, 0.15) is 23.0 Å². The number of hydrogen-bond donors (Lipinski definition) is 2. The van der Waals surface area contributed by atoms with Crippen molar-refractivity contribution in [2.75, 3.05) is 6.54 Å². The Morgan fingerprint density at radius 1 is 1.38 bits per heavy atom. The Hall–Kier alpha value is -2.27. The SMILES string of the molecule is O=C(O)C[C@H]1CNC(=O)c2cc(-c3cccc(Cl)c3)cn21. The van der Waals surface area contributed by atoms with E-state index in [4.69, 9.17) is 16.7 Å². The average Bonchev–Trinajstić information content (AvgIpc) is 2.88. The number of nitrogens with one attached hydrogen (secondary N) is 1. The van der Waals surface area contributed by atoms with E-state index in [-0.39, 0.29) is 18.4 Å². The van der Waals surface area contributed by atoms with Gasteiger partial charge in [0.2, 0.25) is 0 Å². The van der Waals surface area contributed by atoms with E-state index in [9.17, 15) is 9.59 Å². The van der Waals surface area contributed by atoms with Gasteiger partial charge in [-0.3, -0.25) is 9.59 Å². The molecule has 6 heteroatoms. The van der Waals surface area contributed by atoms with Gasteiger partial charge in [0.15, 0.2) is 0 Å². The first kappa shape index (κ1) is 13.7. The number of amides is 1. The van der Waals surface area contributed by atoms with Crippen molar-refractivity contribution in [1.82, 2.24) is 9.88 Å². The van der Waals surface area contributed by atoms with Crippen LogP contribution in [0.25, 0.3) is 11.1 Å². The number of hydrogen-bond acceptors (Lipinski definition) is 2. The lowest BCUT2D eigenvalue weighted by Crippen LogP contribution is -2.39. The summed E-state index contributed by atoms with van der Waals surface area (Å²) in [7, 11) is 0. The molecule has 0 saturated carbocycles. The summed E-state index contributed by atoms with van der Waals surface area (Å²) in [5, 5.41) is 12.3. The second kappa shape index (κ2) is 5.26. The smallest absolute Gasteiger partial charge is 0.305 e. The van der Waals surface area contributed by atoms with E-state index in [1.807, 2.05) is 24.4 Å².